The second-order valence-corrected chi connectivity index (χ2v) is 8.11. The number of anilines is 2. The molecule has 3 rings (SSSR count). The second kappa shape index (κ2) is 8.97. The van der Waals surface area contributed by atoms with E-state index >= 15 is 0 Å². The molecule has 1 aliphatic rings. The van der Waals surface area contributed by atoms with Gasteiger partial charge in [0.15, 0.2) is 5.11 Å². The van der Waals surface area contributed by atoms with E-state index in [0.717, 1.165) is 28.8 Å². The Kier molecular flexibility index (Phi) is 6.58. The molecule has 0 atom stereocenters. The van der Waals surface area contributed by atoms with Crippen LogP contribution in [0.1, 0.15) is 25.0 Å². The molecule has 2 N–H and O–H groups in total. The number of halogens is 1. The molecule has 1 heterocycles. The third-order valence-electron chi connectivity index (χ3n) is 4.94. The van der Waals surface area contributed by atoms with Crippen LogP contribution in [0.2, 0.25) is 0 Å². The monoisotopic (exact) mass is 487 g/mol. The Morgan fingerprint density at radius 2 is 1.87 bits per heavy atom. The van der Waals surface area contributed by atoms with Crippen LogP contribution in [0.15, 0.2) is 46.4 Å². The topological polar surface area (TPSA) is 72.9 Å². The summed E-state index contributed by atoms with van der Waals surface area (Å²) in [4.78, 5) is 29.1. The molecule has 1 saturated heterocycles. The van der Waals surface area contributed by atoms with E-state index in [1.54, 1.807) is 24.3 Å². The molecule has 0 saturated carbocycles. The van der Waals surface area contributed by atoms with Crippen molar-refractivity contribution in [3.8, 4) is 5.75 Å². The Morgan fingerprint density at radius 3 is 2.47 bits per heavy atom. The third kappa shape index (κ3) is 4.24. The van der Waals surface area contributed by atoms with Gasteiger partial charge in [0.25, 0.3) is 11.8 Å². The highest BCUT2D eigenvalue weighted by atomic mass is 79.9. The summed E-state index contributed by atoms with van der Waals surface area (Å²) in [5, 5.41) is 13.1. The molecule has 0 bridgehead atoms. The second-order valence-electron chi connectivity index (χ2n) is 6.80. The van der Waals surface area contributed by atoms with Gasteiger partial charge in [0.1, 0.15) is 11.3 Å². The SMILES string of the molecule is CCN(CC)c1ccc(/C=C2\C(=O)NC(=S)N(c3ccc(Br)cc3C)C2=O)c(O)c1. The predicted molar refractivity (Wildman–Crippen MR) is 127 cm³/mol. The summed E-state index contributed by atoms with van der Waals surface area (Å²) in [6.45, 7) is 7.52. The summed E-state index contributed by atoms with van der Waals surface area (Å²) in [5.74, 6) is -1.14. The number of rotatable bonds is 5. The number of phenols is 1. The lowest BCUT2D eigenvalue weighted by atomic mass is 10.0. The van der Waals surface area contributed by atoms with Gasteiger partial charge in [-0.25, -0.2) is 0 Å². The number of phenolic OH excluding ortho intramolecular Hbond substituents is 1. The molecule has 0 unspecified atom stereocenters. The molecule has 1 aliphatic heterocycles. The molecule has 8 heteroatoms. The van der Waals surface area contributed by atoms with Gasteiger partial charge in [-0.1, -0.05) is 15.9 Å². The van der Waals surface area contributed by atoms with Gasteiger partial charge in [0.2, 0.25) is 0 Å². The predicted octanol–water partition coefficient (Wildman–Crippen LogP) is 4.14. The largest absolute Gasteiger partial charge is 0.507 e. The van der Waals surface area contributed by atoms with Crippen LogP contribution in [0.25, 0.3) is 6.08 Å². The van der Waals surface area contributed by atoms with E-state index in [0.29, 0.717) is 11.3 Å². The Bertz CT molecular complexity index is 1060. The van der Waals surface area contributed by atoms with Gasteiger partial charge >= 0.3 is 0 Å². The van der Waals surface area contributed by atoms with Crippen molar-refractivity contribution in [3.05, 3.63) is 57.6 Å². The number of amides is 2. The van der Waals surface area contributed by atoms with Crippen LogP contribution < -0.4 is 15.1 Å². The van der Waals surface area contributed by atoms with Gasteiger partial charge in [-0.3, -0.25) is 19.8 Å². The van der Waals surface area contributed by atoms with Gasteiger partial charge in [-0.2, -0.15) is 0 Å². The minimum atomic E-state index is -0.594. The number of nitrogens with zero attached hydrogens (tertiary/aromatic N) is 2. The Labute approximate surface area is 189 Å². The number of thiocarbonyl (C=S) groups is 1. The highest BCUT2D eigenvalue weighted by Crippen LogP contribution is 2.30. The van der Waals surface area contributed by atoms with Crippen LogP contribution in [0.5, 0.6) is 5.75 Å². The van der Waals surface area contributed by atoms with Gasteiger partial charge in [-0.05, 0) is 75.0 Å². The maximum Gasteiger partial charge on any atom is 0.270 e. The van der Waals surface area contributed by atoms with Crippen molar-refractivity contribution in [3.63, 3.8) is 0 Å². The van der Waals surface area contributed by atoms with Crippen LogP contribution in [-0.2, 0) is 9.59 Å². The van der Waals surface area contributed by atoms with Crippen molar-refractivity contribution in [2.45, 2.75) is 20.8 Å². The normalized spacial score (nSPS) is 15.5. The number of benzene rings is 2. The first-order valence-electron chi connectivity index (χ1n) is 9.52. The molecular formula is C22H22BrN3O3S. The molecule has 2 aromatic carbocycles. The average molecular weight is 488 g/mol. The summed E-state index contributed by atoms with van der Waals surface area (Å²) in [6, 6.07) is 10.6. The van der Waals surface area contributed by atoms with E-state index in [4.69, 9.17) is 12.2 Å². The lowest BCUT2D eigenvalue weighted by molar-refractivity contribution is -0.122. The van der Waals surface area contributed by atoms with E-state index in [-0.39, 0.29) is 16.4 Å². The standard InChI is InChI=1S/C22H22BrN3O3S/c1-4-25(5-2)16-8-6-14(19(27)12-16)11-17-20(28)24-22(30)26(21(17)29)18-9-7-15(23)10-13(18)3/h6-12,27H,4-5H2,1-3H3,(H,24,28,30)/b17-11+. The summed E-state index contributed by atoms with van der Waals surface area (Å²) in [7, 11) is 0. The molecular weight excluding hydrogens is 466 g/mol. The fourth-order valence-corrected chi connectivity index (χ4v) is 4.09. The van der Waals surface area contributed by atoms with Crippen LogP contribution in [0.3, 0.4) is 0 Å². The zero-order valence-electron chi connectivity index (χ0n) is 16.9. The number of nitrogens with one attached hydrogen (secondary N) is 1. The molecule has 6 nitrogen and oxygen atoms in total. The summed E-state index contributed by atoms with van der Waals surface area (Å²) in [6.07, 6.45) is 1.39. The van der Waals surface area contributed by atoms with E-state index in [9.17, 15) is 14.7 Å². The van der Waals surface area contributed by atoms with Crippen LogP contribution in [-0.4, -0.2) is 35.1 Å². The molecule has 2 aromatic rings. The van der Waals surface area contributed by atoms with Crippen molar-refractivity contribution in [1.82, 2.24) is 5.32 Å². The molecule has 0 radical (unpaired) electrons. The zero-order chi connectivity index (χ0) is 22.0. The number of aryl methyl sites for hydroxylation is 1. The van der Waals surface area contributed by atoms with Crippen LogP contribution in [0.4, 0.5) is 11.4 Å². The lowest BCUT2D eigenvalue weighted by Gasteiger charge is -2.30. The summed E-state index contributed by atoms with van der Waals surface area (Å²) in [5.41, 5.74) is 2.55. The quantitative estimate of drug-likeness (QED) is 0.376. The average Bonchev–Trinajstić information content (AvgIpc) is 2.69. The van der Waals surface area contributed by atoms with E-state index in [1.807, 2.05) is 32.9 Å². The summed E-state index contributed by atoms with van der Waals surface area (Å²) < 4.78 is 0.872. The fourth-order valence-electron chi connectivity index (χ4n) is 3.34. The number of hydrogen-bond donors (Lipinski definition) is 2. The molecule has 156 valence electrons. The highest BCUT2D eigenvalue weighted by molar-refractivity contribution is 9.10. The summed E-state index contributed by atoms with van der Waals surface area (Å²) >= 11 is 8.65. The maximum atomic E-state index is 13.2. The molecule has 0 aliphatic carbocycles. The fraction of sp³-hybridized carbons (Fsp3) is 0.227. The van der Waals surface area contributed by atoms with Crippen molar-refractivity contribution in [2.24, 2.45) is 0 Å². The van der Waals surface area contributed by atoms with Gasteiger partial charge in [0, 0.05) is 34.9 Å². The van der Waals surface area contributed by atoms with Gasteiger partial charge in [0.05, 0.1) is 5.69 Å². The Balaban J connectivity index is 2.00. The first-order valence-corrected chi connectivity index (χ1v) is 10.7. The van der Waals surface area contributed by atoms with Gasteiger partial charge < -0.3 is 10.0 Å². The van der Waals surface area contributed by atoms with Crippen LogP contribution in [0, 0.1) is 6.92 Å². The Morgan fingerprint density at radius 1 is 1.17 bits per heavy atom. The molecule has 30 heavy (non-hydrogen) atoms. The lowest BCUT2D eigenvalue weighted by Crippen LogP contribution is -2.54. The van der Waals surface area contributed by atoms with Crippen molar-refractivity contribution < 1.29 is 14.7 Å². The first kappa shape index (κ1) is 22.0. The van der Waals surface area contributed by atoms with Crippen molar-refractivity contribution in [2.75, 3.05) is 22.9 Å². The maximum absolute atomic E-state index is 13.2. The Hall–Kier alpha value is -2.71. The van der Waals surface area contributed by atoms with E-state index in [2.05, 4.69) is 26.1 Å². The molecule has 0 spiro atoms. The van der Waals surface area contributed by atoms with E-state index in [1.165, 1.54) is 11.0 Å². The first-order chi connectivity index (χ1) is 14.3. The van der Waals surface area contributed by atoms with Crippen molar-refractivity contribution >= 4 is 62.5 Å². The highest BCUT2D eigenvalue weighted by Gasteiger charge is 2.35. The smallest absolute Gasteiger partial charge is 0.270 e. The zero-order valence-corrected chi connectivity index (χ0v) is 19.3. The number of carbonyl (C=O) groups excluding carboxylic acids is 2. The van der Waals surface area contributed by atoms with E-state index < -0.39 is 11.8 Å². The number of hydrogen-bond acceptors (Lipinski definition) is 5. The molecule has 2 amide bonds. The number of carbonyl (C=O) groups is 2. The van der Waals surface area contributed by atoms with Crippen LogP contribution >= 0.6 is 28.1 Å². The molecule has 1 fully saturated rings. The van der Waals surface area contributed by atoms with Gasteiger partial charge in [-0.15, -0.1) is 0 Å². The molecule has 0 aromatic heterocycles. The third-order valence-corrected chi connectivity index (χ3v) is 5.72. The minimum absolute atomic E-state index is 0.00739. The number of aromatic hydroxyl groups is 1. The van der Waals surface area contributed by atoms with Crippen molar-refractivity contribution in [1.29, 1.82) is 0 Å². The minimum Gasteiger partial charge on any atom is -0.507 e.